The second kappa shape index (κ2) is 5.41. The third-order valence-electron chi connectivity index (χ3n) is 2.62. The lowest BCUT2D eigenvalue weighted by Gasteiger charge is -2.13. The molecule has 0 aliphatic rings. The number of halogens is 3. The van der Waals surface area contributed by atoms with Crippen molar-refractivity contribution in [2.24, 2.45) is 0 Å². The number of sulfonamides is 1. The molecule has 0 heterocycles. The lowest BCUT2D eigenvalue weighted by Crippen LogP contribution is -2.34. The Morgan fingerprint density at radius 3 is 2.30 bits per heavy atom. The largest absolute Gasteiger partial charge is 0.478 e. The number of carbonyl (C=O) groups is 1. The number of rotatable bonds is 4. The number of hydrogen-bond acceptors (Lipinski definition) is 3. The van der Waals surface area contributed by atoms with Crippen LogP contribution in [0.5, 0.6) is 0 Å². The molecule has 0 bridgehead atoms. The highest BCUT2D eigenvalue weighted by molar-refractivity contribution is 7.89. The molecule has 5 nitrogen and oxygen atoms in total. The minimum atomic E-state index is -4.69. The first-order valence-corrected chi connectivity index (χ1v) is 6.83. The first kappa shape index (κ1) is 16.4. The predicted octanol–water partition coefficient (Wildman–Crippen LogP) is 1.84. The topological polar surface area (TPSA) is 83.5 Å². The summed E-state index contributed by atoms with van der Waals surface area (Å²) >= 11 is 0. The summed E-state index contributed by atoms with van der Waals surface area (Å²) in [5.74, 6) is -1.36. The minimum Gasteiger partial charge on any atom is -0.478 e. The van der Waals surface area contributed by atoms with E-state index < -0.39 is 33.6 Å². The molecule has 0 saturated carbocycles. The van der Waals surface area contributed by atoms with Crippen LogP contribution in [0.1, 0.15) is 21.5 Å². The SMILES string of the molecule is Cc1cc(C(=O)O)cc(S(=O)(=O)NCC(F)(F)F)c1C. The van der Waals surface area contributed by atoms with E-state index in [-0.39, 0.29) is 11.1 Å². The van der Waals surface area contributed by atoms with Gasteiger partial charge < -0.3 is 5.11 Å². The number of aromatic carboxylic acids is 1. The Kier molecular flexibility index (Phi) is 4.45. The highest BCUT2D eigenvalue weighted by atomic mass is 32.2. The fraction of sp³-hybridized carbons (Fsp3) is 0.364. The number of hydrogen-bond donors (Lipinski definition) is 2. The molecule has 112 valence electrons. The molecular formula is C11H12F3NO4S. The fourth-order valence-electron chi connectivity index (χ4n) is 1.48. The van der Waals surface area contributed by atoms with Gasteiger partial charge in [0.25, 0.3) is 0 Å². The van der Waals surface area contributed by atoms with Crippen molar-refractivity contribution >= 4 is 16.0 Å². The molecule has 2 N–H and O–H groups in total. The molecule has 0 radical (unpaired) electrons. The van der Waals surface area contributed by atoms with Gasteiger partial charge in [-0.1, -0.05) is 0 Å². The quantitative estimate of drug-likeness (QED) is 0.889. The zero-order valence-corrected chi connectivity index (χ0v) is 11.4. The Balaban J connectivity index is 3.27. The average Bonchev–Trinajstić information content (AvgIpc) is 2.28. The number of alkyl halides is 3. The molecule has 20 heavy (non-hydrogen) atoms. The zero-order chi connectivity index (χ0) is 15.7. The fourth-order valence-corrected chi connectivity index (χ4v) is 2.84. The van der Waals surface area contributed by atoms with Crippen LogP contribution in [0.4, 0.5) is 13.2 Å². The van der Waals surface area contributed by atoms with Gasteiger partial charge in [-0.3, -0.25) is 0 Å². The van der Waals surface area contributed by atoms with Crippen LogP contribution >= 0.6 is 0 Å². The first-order valence-electron chi connectivity index (χ1n) is 5.35. The van der Waals surface area contributed by atoms with Gasteiger partial charge in [-0.25, -0.2) is 17.9 Å². The van der Waals surface area contributed by atoms with Gasteiger partial charge in [-0.15, -0.1) is 0 Å². The first-order chi connectivity index (χ1) is 8.94. The number of carboxylic acid groups (broad SMARTS) is 1. The summed E-state index contributed by atoms with van der Waals surface area (Å²) in [5.41, 5.74) is 0.252. The van der Waals surface area contributed by atoms with Crippen molar-refractivity contribution in [3.63, 3.8) is 0 Å². The number of benzene rings is 1. The maximum Gasteiger partial charge on any atom is 0.402 e. The molecule has 0 fully saturated rings. The number of aryl methyl sites for hydroxylation is 1. The van der Waals surface area contributed by atoms with E-state index in [2.05, 4.69) is 0 Å². The summed E-state index contributed by atoms with van der Waals surface area (Å²) in [6.45, 7) is 1.15. The van der Waals surface area contributed by atoms with Gasteiger partial charge in [0.1, 0.15) is 6.54 Å². The van der Waals surface area contributed by atoms with Crippen molar-refractivity contribution in [1.29, 1.82) is 0 Å². The van der Waals surface area contributed by atoms with Crippen LogP contribution in [-0.2, 0) is 10.0 Å². The Morgan fingerprint density at radius 1 is 1.30 bits per heavy atom. The Morgan fingerprint density at radius 2 is 1.85 bits per heavy atom. The van der Waals surface area contributed by atoms with E-state index in [1.165, 1.54) is 24.6 Å². The smallest absolute Gasteiger partial charge is 0.402 e. The Labute approximate surface area is 113 Å². The molecule has 0 spiro atoms. The predicted molar refractivity (Wildman–Crippen MR) is 64.1 cm³/mol. The molecular weight excluding hydrogens is 299 g/mol. The molecule has 1 aromatic rings. The van der Waals surface area contributed by atoms with E-state index in [9.17, 15) is 26.4 Å². The molecule has 1 aromatic carbocycles. The van der Waals surface area contributed by atoms with Crippen molar-refractivity contribution in [3.05, 3.63) is 28.8 Å². The molecule has 0 unspecified atom stereocenters. The van der Waals surface area contributed by atoms with Gasteiger partial charge in [0, 0.05) is 0 Å². The van der Waals surface area contributed by atoms with E-state index in [1.807, 2.05) is 0 Å². The third kappa shape index (κ3) is 3.94. The second-order valence-corrected chi connectivity index (χ2v) is 5.90. The molecule has 9 heteroatoms. The monoisotopic (exact) mass is 311 g/mol. The summed E-state index contributed by atoms with van der Waals surface area (Å²) < 4.78 is 61.3. The van der Waals surface area contributed by atoms with E-state index in [0.29, 0.717) is 5.56 Å². The van der Waals surface area contributed by atoms with Crippen molar-refractivity contribution < 1.29 is 31.5 Å². The summed E-state index contributed by atoms with van der Waals surface area (Å²) in [6.07, 6.45) is -4.69. The van der Waals surface area contributed by atoms with Gasteiger partial charge >= 0.3 is 12.1 Å². The van der Waals surface area contributed by atoms with Crippen molar-refractivity contribution in [2.45, 2.75) is 24.9 Å². The highest BCUT2D eigenvalue weighted by Crippen LogP contribution is 2.22. The zero-order valence-electron chi connectivity index (χ0n) is 10.6. The van der Waals surface area contributed by atoms with E-state index in [4.69, 9.17) is 5.11 Å². The standard InChI is InChI=1S/C11H12F3NO4S/c1-6-3-8(10(16)17)4-9(7(6)2)20(18,19)15-5-11(12,13)14/h3-4,15H,5H2,1-2H3,(H,16,17). The summed E-state index contributed by atoms with van der Waals surface area (Å²) in [5, 5.41) is 8.85. The van der Waals surface area contributed by atoms with Gasteiger partial charge in [-0.2, -0.15) is 13.2 Å². The average molecular weight is 311 g/mol. The molecule has 0 aromatic heterocycles. The van der Waals surface area contributed by atoms with Crippen LogP contribution in [0.25, 0.3) is 0 Å². The molecule has 1 rings (SSSR count). The van der Waals surface area contributed by atoms with E-state index >= 15 is 0 Å². The van der Waals surface area contributed by atoms with E-state index in [1.54, 1.807) is 0 Å². The summed E-state index contributed by atoms with van der Waals surface area (Å²) in [4.78, 5) is 10.4. The normalized spacial score (nSPS) is 12.4. The Hall–Kier alpha value is -1.61. The van der Waals surface area contributed by atoms with Crippen LogP contribution in [0.15, 0.2) is 17.0 Å². The molecule has 0 aliphatic carbocycles. The van der Waals surface area contributed by atoms with Crippen molar-refractivity contribution in [1.82, 2.24) is 4.72 Å². The highest BCUT2D eigenvalue weighted by Gasteiger charge is 2.31. The third-order valence-corrected chi connectivity index (χ3v) is 4.15. The molecule has 0 amide bonds. The Bertz CT molecular complexity index is 638. The second-order valence-electron chi connectivity index (χ2n) is 4.16. The van der Waals surface area contributed by atoms with Crippen LogP contribution < -0.4 is 4.72 Å². The molecule has 0 saturated heterocycles. The van der Waals surface area contributed by atoms with Crippen LogP contribution in [0.3, 0.4) is 0 Å². The minimum absolute atomic E-state index is 0.199. The number of carboxylic acids is 1. The van der Waals surface area contributed by atoms with Gasteiger partial charge in [0.2, 0.25) is 10.0 Å². The van der Waals surface area contributed by atoms with Crippen LogP contribution in [-0.4, -0.2) is 32.2 Å². The van der Waals surface area contributed by atoms with E-state index in [0.717, 1.165) is 6.07 Å². The molecule has 0 aliphatic heterocycles. The summed E-state index contributed by atoms with van der Waals surface area (Å²) in [6, 6.07) is 2.09. The summed E-state index contributed by atoms with van der Waals surface area (Å²) in [7, 11) is -4.44. The maximum absolute atomic E-state index is 12.1. The van der Waals surface area contributed by atoms with Gasteiger partial charge in [0.15, 0.2) is 0 Å². The maximum atomic E-state index is 12.1. The molecule has 0 atom stereocenters. The van der Waals surface area contributed by atoms with Crippen molar-refractivity contribution in [3.8, 4) is 0 Å². The number of nitrogens with one attached hydrogen (secondary N) is 1. The lowest BCUT2D eigenvalue weighted by atomic mass is 10.1. The van der Waals surface area contributed by atoms with Crippen molar-refractivity contribution in [2.75, 3.05) is 6.54 Å². The van der Waals surface area contributed by atoms with Crippen LogP contribution in [0, 0.1) is 13.8 Å². The lowest BCUT2D eigenvalue weighted by molar-refractivity contribution is -0.121. The van der Waals surface area contributed by atoms with Gasteiger partial charge in [-0.05, 0) is 37.1 Å². The van der Waals surface area contributed by atoms with Gasteiger partial charge in [0.05, 0.1) is 10.5 Å². The van der Waals surface area contributed by atoms with Crippen LogP contribution in [0.2, 0.25) is 0 Å².